The third-order valence-electron chi connectivity index (χ3n) is 2.63. The maximum absolute atomic E-state index is 13.9. The molecule has 0 spiro atoms. The highest BCUT2D eigenvalue weighted by Crippen LogP contribution is 2.54. The normalized spacial score (nSPS) is 14.1. The zero-order valence-corrected chi connectivity index (χ0v) is 12.3. The van der Waals surface area contributed by atoms with E-state index in [2.05, 4.69) is 20.7 Å². The van der Waals surface area contributed by atoms with Gasteiger partial charge in [-0.15, -0.1) is 13.2 Å². The van der Waals surface area contributed by atoms with E-state index in [0.29, 0.717) is 0 Å². The second-order valence-electron chi connectivity index (χ2n) is 4.31. The first-order valence-corrected chi connectivity index (χ1v) is 6.18. The van der Waals surface area contributed by atoms with Crippen LogP contribution in [0.2, 0.25) is 0 Å². The second kappa shape index (κ2) is 5.71. The number of aryl methyl sites for hydroxylation is 1. The molecule has 12 heteroatoms. The van der Waals surface area contributed by atoms with Crippen LogP contribution in [0.1, 0.15) is 11.1 Å². The predicted molar refractivity (Wildman–Crippen MR) is 60.5 cm³/mol. The van der Waals surface area contributed by atoms with Crippen molar-refractivity contribution in [3.05, 3.63) is 27.7 Å². The number of halogens is 11. The quantitative estimate of drug-likeness (QED) is 0.535. The van der Waals surface area contributed by atoms with Gasteiger partial charge in [-0.1, -0.05) is 6.07 Å². The number of rotatable bonds is 2. The summed E-state index contributed by atoms with van der Waals surface area (Å²) in [5.74, 6) is -1.43. The number of ether oxygens (including phenoxy) is 1. The van der Waals surface area contributed by atoms with Gasteiger partial charge in [-0.05, 0) is 34.5 Å². The highest BCUT2D eigenvalue weighted by molar-refractivity contribution is 9.10. The van der Waals surface area contributed by atoms with E-state index in [4.69, 9.17) is 0 Å². The summed E-state index contributed by atoms with van der Waals surface area (Å²) in [6.45, 7) is 0.879. The maximum atomic E-state index is 13.9. The van der Waals surface area contributed by atoms with Crippen LogP contribution in [0.4, 0.5) is 43.9 Å². The van der Waals surface area contributed by atoms with E-state index < -0.39 is 45.7 Å². The van der Waals surface area contributed by atoms with Crippen molar-refractivity contribution in [2.24, 2.45) is 0 Å². The van der Waals surface area contributed by atoms with Crippen molar-refractivity contribution in [3.63, 3.8) is 0 Å². The van der Waals surface area contributed by atoms with Crippen LogP contribution in [0.25, 0.3) is 0 Å². The molecule has 0 aromatic heterocycles. The Morgan fingerprint density at radius 2 is 1.26 bits per heavy atom. The molecule has 0 bridgehead atoms. The molecule has 1 nitrogen and oxygen atoms in total. The summed E-state index contributed by atoms with van der Waals surface area (Å²) >= 11 is 2.52. The fourth-order valence-corrected chi connectivity index (χ4v) is 1.93. The molecule has 0 radical (unpaired) electrons. The Balaban J connectivity index is 3.64. The topological polar surface area (TPSA) is 9.23 Å². The average molecular weight is 423 g/mol. The van der Waals surface area contributed by atoms with Gasteiger partial charge < -0.3 is 4.74 Å². The van der Waals surface area contributed by atoms with E-state index >= 15 is 0 Å². The van der Waals surface area contributed by atoms with E-state index in [1.165, 1.54) is 0 Å². The predicted octanol–water partition coefficient (Wildman–Crippen LogP) is 5.95. The molecule has 132 valence electrons. The van der Waals surface area contributed by atoms with Crippen molar-refractivity contribution >= 4 is 15.9 Å². The molecule has 0 aliphatic rings. The van der Waals surface area contributed by atoms with Crippen LogP contribution in [0.3, 0.4) is 0 Å². The van der Waals surface area contributed by atoms with Gasteiger partial charge in [0.2, 0.25) is 0 Å². The lowest BCUT2D eigenvalue weighted by molar-refractivity contribution is -0.348. The largest absolute Gasteiger partial charge is 0.573 e. The Morgan fingerprint density at radius 1 is 0.826 bits per heavy atom. The number of hydrogen-bond donors (Lipinski definition) is 0. The van der Waals surface area contributed by atoms with Crippen molar-refractivity contribution in [3.8, 4) is 5.75 Å². The molecule has 0 fully saturated rings. The summed E-state index contributed by atoms with van der Waals surface area (Å²) in [7, 11) is 0. The molecule has 0 aliphatic heterocycles. The Labute approximate surface area is 130 Å². The fraction of sp³-hybridized carbons (Fsp3) is 0.455. The summed E-state index contributed by atoms with van der Waals surface area (Å²) < 4.78 is 129. The molecule has 0 saturated heterocycles. The van der Waals surface area contributed by atoms with Crippen LogP contribution >= 0.6 is 15.9 Å². The van der Waals surface area contributed by atoms with Crippen molar-refractivity contribution in [2.75, 3.05) is 0 Å². The lowest BCUT2D eigenvalue weighted by Gasteiger charge is -2.31. The first-order valence-electron chi connectivity index (χ1n) is 5.39. The van der Waals surface area contributed by atoms with Gasteiger partial charge in [-0.3, -0.25) is 0 Å². The number of benzene rings is 1. The second-order valence-corrected chi connectivity index (χ2v) is 5.10. The molecule has 0 heterocycles. The average Bonchev–Trinajstić information content (AvgIpc) is 2.29. The SMILES string of the molecule is Cc1cc(C(F)(C(F)(F)F)C(F)(F)F)cc(OC(F)(F)F)c1Br. The van der Waals surface area contributed by atoms with E-state index in [0.717, 1.165) is 6.92 Å². The van der Waals surface area contributed by atoms with Gasteiger partial charge in [-0.25, -0.2) is 4.39 Å². The van der Waals surface area contributed by atoms with Crippen LogP contribution in [0, 0.1) is 6.92 Å². The van der Waals surface area contributed by atoms with Crippen LogP contribution < -0.4 is 4.74 Å². The van der Waals surface area contributed by atoms with Crippen LogP contribution in [0.15, 0.2) is 16.6 Å². The standard InChI is InChI=1S/C11H5BrF10O/c1-4-2-5(3-6(7(4)12)23-11(20,21)22)8(13,9(14,15)16)10(17,18)19/h2-3H,1H3. The van der Waals surface area contributed by atoms with Crippen molar-refractivity contribution in [2.45, 2.75) is 31.3 Å². The Hall–Kier alpha value is -1.20. The van der Waals surface area contributed by atoms with Crippen LogP contribution in [0.5, 0.6) is 5.75 Å². The molecule has 0 unspecified atom stereocenters. The minimum Gasteiger partial charge on any atom is -0.405 e. The first kappa shape index (κ1) is 19.8. The summed E-state index contributed by atoms with van der Waals surface area (Å²) in [6, 6.07) is -0.167. The van der Waals surface area contributed by atoms with Crippen molar-refractivity contribution in [1.82, 2.24) is 0 Å². The van der Waals surface area contributed by atoms with Crippen LogP contribution in [-0.4, -0.2) is 18.7 Å². The molecular formula is C11H5BrF10O. The fourth-order valence-electron chi connectivity index (χ4n) is 1.62. The minimum absolute atomic E-state index is 0.133. The maximum Gasteiger partial charge on any atom is 0.573 e. The highest BCUT2D eigenvalue weighted by Gasteiger charge is 2.73. The Bertz CT molecular complexity index is 572. The summed E-state index contributed by atoms with van der Waals surface area (Å²) in [5.41, 5.74) is -8.44. The van der Waals surface area contributed by atoms with Crippen LogP contribution in [-0.2, 0) is 5.67 Å². The van der Waals surface area contributed by atoms with Gasteiger partial charge in [0.1, 0.15) is 5.75 Å². The number of alkyl halides is 10. The molecule has 0 saturated carbocycles. The molecule has 0 N–H and O–H groups in total. The third-order valence-corrected chi connectivity index (χ3v) is 3.64. The molecule has 1 aromatic carbocycles. The van der Waals surface area contributed by atoms with E-state index in [-0.39, 0.29) is 12.1 Å². The molecule has 0 aliphatic carbocycles. The van der Waals surface area contributed by atoms with E-state index in [1.54, 1.807) is 0 Å². The lowest BCUT2D eigenvalue weighted by atomic mass is 9.92. The third kappa shape index (κ3) is 3.83. The summed E-state index contributed by atoms with van der Waals surface area (Å²) in [5, 5.41) is 0. The van der Waals surface area contributed by atoms with Crippen molar-refractivity contribution < 1.29 is 48.6 Å². The zero-order valence-electron chi connectivity index (χ0n) is 10.7. The monoisotopic (exact) mass is 422 g/mol. The van der Waals surface area contributed by atoms with Gasteiger partial charge in [0, 0.05) is 5.56 Å². The molecule has 23 heavy (non-hydrogen) atoms. The number of hydrogen-bond acceptors (Lipinski definition) is 1. The minimum atomic E-state index is -6.44. The van der Waals surface area contributed by atoms with Gasteiger partial charge in [-0.2, -0.15) is 26.3 Å². The van der Waals surface area contributed by atoms with Gasteiger partial charge >= 0.3 is 24.4 Å². The summed E-state index contributed by atoms with van der Waals surface area (Å²) in [6.07, 6.45) is -18.3. The molecule has 1 aromatic rings. The van der Waals surface area contributed by atoms with Crippen molar-refractivity contribution in [1.29, 1.82) is 0 Å². The molecule has 0 atom stereocenters. The highest BCUT2D eigenvalue weighted by atomic mass is 79.9. The van der Waals surface area contributed by atoms with Gasteiger partial charge in [0.25, 0.3) is 0 Å². The smallest absolute Gasteiger partial charge is 0.405 e. The van der Waals surface area contributed by atoms with E-state index in [9.17, 15) is 43.9 Å². The van der Waals surface area contributed by atoms with E-state index in [1.807, 2.05) is 0 Å². The van der Waals surface area contributed by atoms with Gasteiger partial charge in [0.15, 0.2) is 0 Å². The first-order chi connectivity index (χ1) is 10.0. The van der Waals surface area contributed by atoms with Gasteiger partial charge in [0.05, 0.1) is 4.47 Å². The lowest BCUT2D eigenvalue weighted by Crippen LogP contribution is -2.50. The molecule has 0 amide bonds. The molecular weight excluding hydrogens is 418 g/mol. The zero-order chi connectivity index (χ0) is 18.4. The molecule has 1 rings (SSSR count). The Morgan fingerprint density at radius 3 is 1.61 bits per heavy atom. The summed E-state index contributed by atoms with van der Waals surface area (Å²) in [4.78, 5) is 0. The Kier molecular flexibility index (Phi) is 4.92.